The van der Waals surface area contributed by atoms with Gasteiger partial charge in [-0.25, -0.2) is 8.42 Å². The van der Waals surface area contributed by atoms with Gasteiger partial charge in [0.25, 0.3) is 0 Å². The van der Waals surface area contributed by atoms with E-state index in [0.717, 1.165) is 5.71 Å². The highest BCUT2D eigenvalue weighted by atomic mass is 32.2. The lowest BCUT2D eigenvalue weighted by Crippen LogP contribution is -2.39. The molecular weight excluding hydrogens is 254 g/mol. The Kier molecular flexibility index (Phi) is 3.27. The van der Waals surface area contributed by atoms with Crippen LogP contribution in [0.25, 0.3) is 0 Å². The maximum Gasteiger partial charge on any atom is 0.243 e. The Hall–Kier alpha value is -1.60. The zero-order chi connectivity index (χ0) is 13.3. The van der Waals surface area contributed by atoms with Crippen molar-refractivity contribution < 1.29 is 13.3 Å². The summed E-state index contributed by atoms with van der Waals surface area (Å²) >= 11 is 0. The fourth-order valence-electron chi connectivity index (χ4n) is 1.52. The first-order valence-corrected chi connectivity index (χ1v) is 6.96. The van der Waals surface area contributed by atoms with Gasteiger partial charge < -0.3 is 10.6 Å². The van der Waals surface area contributed by atoms with Gasteiger partial charge in [0.05, 0.1) is 16.5 Å². The van der Waals surface area contributed by atoms with Crippen LogP contribution < -0.4 is 10.5 Å². The lowest BCUT2D eigenvalue weighted by atomic mass is 10.1. The number of nitrogens with one attached hydrogen (secondary N) is 1. The molecule has 2 rings (SSSR count). The maximum absolute atomic E-state index is 12.1. The van der Waals surface area contributed by atoms with Gasteiger partial charge in [-0.15, -0.1) is 0 Å². The number of nitrogens with zero attached hydrogens (tertiary/aromatic N) is 1. The van der Waals surface area contributed by atoms with Gasteiger partial charge >= 0.3 is 0 Å². The van der Waals surface area contributed by atoms with E-state index < -0.39 is 16.3 Å². The minimum atomic E-state index is -3.62. The van der Waals surface area contributed by atoms with E-state index in [1.807, 2.05) is 6.92 Å². The Bertz CT molecular complexity index is 566. The molecular formula is C11H15N3O3S. The monoisotopic (exact) mass is 269 g/mol. The molecule has 1 aromatic rings. The Labute approximate surface area is 106 Å². The first-order chi connectivity index (χ1) is 8.40. The third-order valence-corrected chi connectivity index (χ3v) is 4.32. The van der Waals surface area contributed by atoms with Crippen LogP contribution in [-0.4, -0.2) is 20.4 Å². The lowest BCUT2D eigenvalue weighted by Gasteiger charge is -2.15. The van der Waals surface area contributed by atoms with Gasteiger partial charge in [-0.1, -0.05) is 12.1 Å². The van der Waals surface area contributed by atoms with Crippen molar-refractivity contribution in [3.8, 4) is 0 Å². The van der Waals surface area contributed by atoms with Crippen LogP contribution in [0.3, 0.4) is 0 Å². The van der Waals surface area contributed by atoms with Gasteiger partial charge in [0, 0.05) is 5.69 Å². The molecule has 7 heteroatoms. The molecule has 0 aromatic heterocycles. The number of rotatable bonds is 3. The van der Waals surface area contributed by atoms with Gasteiger partial charge in [-0.2, -0.15) is 4.72 Å². The van der Waals surface area contributed by atoms with Crippen LogP contribution in [0.1, 0.15) is 13.8 Å². The average Bonchev–Trinajstić information content (AvgIpc) is 2.61. The van der Waals surface area contributed by atoms with Crippen molar-refractivity contribution in [2.45, 2.75) is 25.0 Å². The highest BCUT2D eigenvalue weighted by molar-refractivity contribution is 7.89. The molecule has 0 fully saturated rings. The molecule has 1 aromatic carbocycles. The summed E-state index contributed by atoms with van der Waals surface area (Å²) in [5, 5.41) is 3.76. The summed E-state index contributed by atoms with van der Waals surface area (Å²) in [4.78, 5) is 5.18. The third-order valence-electron chi connectivity index (χ3n) is 2.89. The number of anilines is 1. The number of benzene rings is 1. The lowest BCUT2D eigenvalue weighted by molar-refractivity contribution is 0.0576. The molecule has 0 amide bonds. The van der Waals surface area contributed by atoms with Crippen LogP contribution >= 0.6 is 0 Å². The van der Waals surface area contributed by atoms with E-state index in [2.05, 4.69) is 9.88 Å². The topological polar surface area (TPSA) is 93.8 Å². The average molecular weight is 269 g/mol. The molecule has 1 aliphatic rings. The number of sulfonamides is 1. The van der Waals surface area contributed by atoms with E-state index in [9.17, 15) is 8.42 Å². The fraction of sp³-hybridized carbons (Fsp3) is 0.364. The molecule has 0 spiro atoms. The fourth-order valence-corrected chi connectivity index (χ4v) is 2.71. The summed E-state index contributed by atoms with van der Waals surface area (Å²) in [5.74, 6) is -0.0893. The maximum atomic E-state index is 12.1. The van der Waals surface area contributed by atoms with E-state index in [1.165, 1.54) is 24.3 Å². The molecule has 2 atom stereocenters. The van der Waals surface area contributed by atoms with Gasteiger partial charge in [0.15, 0.2) is 6.23 Å². The number of nitrogen functional groups attached to an aromatic ring is 1. The Morgan fingerprint density at radius 1 is 1.33 bits per heavy atom. The summed E-state index contributed by atoms with van der Waals surface area (Å²) in [6.45, 7) is 3.64. The zero-order valence-electron chi connectivity index (χ0n) is 10.1. The number of hydrogen-bond donors (Lipinski definition) is 2. The molecule has 0 radical (unpaired) electrons. The van der Waals surface area contributed by atoms with Gasteiger partial charge in [0.1, 0.15) is 0 Å². The van der Waals surface area contributed by atoms with E-state index in [4.69, 9.17) is 10.6 Å². The Balaban J connectivity index is 2.16. The normalized spacial score (nSPS) is 23.6. The standard InChI is InChI=1S/C11H15N3O3S/c1-7-8(2)13-17-11(7)14-18(15,16)10-5-3-9(12)4-6-10/h3-7,11,14H,12H2,1-2H3/t7-,11-/m1/s1. The van der Waals surface area contributed by atoms with Crippen LogP contribution in [0, 0.1) is 5.92 Å². The molecule has 0 saturated heterocycles. The largest absolute Gasteiger partial charge is 0.399 e. The second-order valence-corrected chi connectivity index (χ2v) is 5.95. The minimum Gasteiger partial charge on any atom is -0.399 e. The van der Waals surface area contributed by atoms with Crippen LogP contribution in [0.5, 0.6) is 0 Å². The van der Waals surface area contributed by atoms with E-state index in [1.54, 1.807) is 6.92 Å². The number of oxime groups is 1. The predicted octanol–water partition coefficient (Wildman–Crippen LogP) is 0.915. The van der Waals surface area contributed by atoms with Crippen molar-refractivity contribution in [3.05, 3.63) is 24.3 Å². The highest BCUT2D eigenvalue weighted by Crippen LogP contribution is 2.19. The Morgan fingerprint density at radius 2 is 1.94 bits per heavy atom. The van der Waals surface area contributed by atoms with Crippen molar-refractivity contribution in [1.29, 1.82) is 0 Å². The molecule has 6 nitrogen and oxygen atoms in total. The van der Waals surface area contributed by atoms with Crippen molar-refractivity contribution in [2.24, 2.45) is 11.1 Å². The summed E-state index contributed by atoms with van der Waals surface area (Å²) in [6, 6.07) is 5.97. The van der Waals surface area contributed by atoms with Gasteiger partial charge in [0.2, 0.25) is 10.0 Å². The molecule has 1 heterocycles. The summed E-state index contributed by atoms with van der Waals surface area (Å²) in [7, 11) is -3.62. The van der Waals surface area contributed by atoms with Gasteiger partial charge in [-0.3, -0.25) is 0 Å². The predicted molar refractivity (Wildman–Crippen MR) is 68.3 cm³/mol. The van der Waals surface area contributed by atoms with Crippen LogP contribution in [0.15, 0.2) is 34.3 Å². The molecule has 0 saturated carbocycles. The second kappa shape index (κ2) is 4.58. The van der Waals surface area contributed by atoms with Crippen LogP contribution in [0.4, 0.5) is 5.69 Å². The minimum absolute atomic E-state index is 0.0893. The van der Waals surface area contributed by atoms with Gasteiger partial charge in [-0.05, 0) is 31.2 Å². The summed E-state index contributed by atoms with van der Waals surface area (Å²) < 4.78 is 26.6. The van der Waals surface area contributed by atoms with E-state index in [-0.39, 0.29) is 10.8 Å². The second-order valence-electron chi connectivity index (χ2n) is 4.24. The molecule has 98 valence electrons. The van der Waals surface area contributed by atoms with Crippen molar-refractivity contribution in [1.82, 2.24) is 4.72 Å². The van der Waals surface area contributed by atoms with E-state index >= 15 is 0 Å². The molecule has 3 N–H and O–H groups in total. The van der Waals surface area contributed by atoms with Crippen LogP contribution in [-0.2, 0) is 14.9 Å². The van der Waals surface area contributed by atoms with Crippen LogP contribution in [0.2, 0.25) is 0 Å². The smallest absolute Gasteiger partial charge is 0.243 e. The zero-order valence-corrected chi connectivity index (χ0v) is 10.9. The van der Waals surface area contributed by atoms with Crippen molar-refractivity contribution in [2.75, 3.05) is 5.73 Å². The Morgan fingerprint density at radius 3 is 2.44 bits per heavy atom. The molecule has 0 aliphatic carbocycles. The number of hydrogen-bond acceptors (Lipinski definition) is 5. The molecule has 18 heavy (non-hydrogen) atoms. The first-order valence-electron chi connectivity index (χ1n) is 5.48. The summed E-state index contributed by atoms with van der Waals surface area (Å²) in [6.07, 6.45) is -0.660. The SMILES string of the molecule is CC1=NO[C@@H](NS(=O)(=O)c2ccc(N)cc2)[C@@H]1C. The molecule has 0 unspecified atom stereocenters. The van der Waals surface area contributed by atoms with Crippen molar-refractivity contribution >= 4 is 21.4 Å². The highest BCUT2D eigenvalue weighted by Gasteiger charge is 2.31. The molecule has 0 bridgehead atoms. The summed E-state index contributed by atoms with van der Waals surface area (Å²) in [5.41, 5.74) is 6.79. The quantitative estimate of drug-likeness (QED) is 0.798. The molecule has 1 aliphatic heterocycles. The number of nitrogens with two attached hydrogens (primary N) is 1. The third kappa shape index (κ3) is 2.46. The van der Waals surface area contributed by atoms with Crippen molar-refractivity contribution in [3.63, 3.8) is 0 Å². The van der Waals surface area contributed by atoms with E-state index in [0.29, 0.717) is 5.69 Å². The first kappa shape index (κ1) is 12.8.